The van der Waals surface area contributed by atoms with E-state index in [2.05, 4.69) is 0 Å². The standard InChI is InChI=1S/C11H16N2O6/c12-3-10-4-19-11(5-18-10,9(17)8(10)16)13-6(14)1-2-7(13)15/h8-9,16-17H,1-5,12H2/t8-,9?,10?,11?/m1/s1. The van der Waals surface area contributed by atoms with Crippen LogP contribution in [0.1, 0.15) is 12.8 Å². The molecule has 0 aromatic heterocycles. The summed E-state index contributed by atoms with van der Waals surface area (Å²) >= 11 is 0. The number of carbonyl (C=O) groups excluding carboxylic acids is 2. The minimum Gasteiger partial charge on any atom is -0.387 e. The molecule has 0 aromatic carbocycles. The number of nitrogens with two attached hydrogens (primary N) is 1. The molecular formula is C11H16N2O6. The summed E-state index contributed by atoms with van der Waals surface area (Å²) < 4.78 is 11.0. The minimum absolute atomic E-state index is 0.0246. The normalized spacial score (nSPS) is 46.2. The second-order valence-electron chi connectivity index (χ2n) is 5.20. The Hall–Kier alpha value is -1.06. The lowest BCUT2D eigenvalue weighted by Crippen LogP contribution is -2.81. The van der Waals surface area contributed by atoms with E-state index in [9.17, 15) is 19.8 Å². The number of aliphatic hydroxyl groups is 2. The molecule has 0 spiro atoms. The van der Waals surface area contributed by atoms with E-state index >= 15 is 0 Å². The van der Waals surface area contributed by atoms with Crippen LogP contribution in [0.2, 0.25) is 0 Å². The van der Waals surface area contributed by atoms with E-state index in [1.807, 2.05) is 0 Å². The summed E-state index contributed by atoms with van der Waals surface area (Å²) in [6.45, 7) is -0.276. The molecule has 4 heterocycles. The highest BCUT2D eigenvalue weighted by atomic mass is 16.6. The third-order valence-electron chi connectivity index (χ3n) is 4.21. The third kappa shape index (κ3) is 1.46. The van der Waals surface area contributed by atoms with Gasteiger partial charge in [0.2, 0.25) is 17.5 Å². The zero-order valence-corrected chi connectivity index (χ0v) is 10.2. The molecule has 8 heteroatoms. The molecule has 0 aromatic rings. The van der Waals surface area contributed by atoms with Crippen LogP contribution in [-0.4, -0.2) is 70.2 Å². The number of imide groups is 1. The smallest absolute Gasteiger partial charge is 0.232 e. The van der Waals surface area contributed by atoms with Gasteiger partial charge in [-0.05, 0) is 0 Å². The number of ether oxygens (including phenoxy) is 2. The molecule has 4 rings (SSSR count). The van der Waals surface area contributed by atoms with Crippen molar-refractivity contribution < 1.29 is 29.3 Å². The zero-order chi connectivity index (χ0) is 13.8. The van der Waals surface area contributed by atoms with Crippen LogP contribution in [0.15, 0.2) is 0 Å². The van der Waals surface area contributed by atoms with Gasteiger partial charge in [-0.15, -0.1) is 0 Å². The molecule has 0 radical (unpaired) electrons. The molecule has 3 unspecified atom stereocenters. The predicted molar refractivity (Wildman–Crippen MR) is 59.5 cm³/mol. The Labute approximate surface area is 109 Å². The average molecular weight is 272 g/mol. The van der Waals surface area contributed by atoms with Gasteiger partial charge in [-0.2, -0.15) is 0 Å². The molecule has 4 aliphatic rings. The van der Waals surface area contributed by atoms with Gasteiger partial charge < -0.3 is 25.4 Å². The van der Waals surface area contributed by atoms with E-state index in [1.54, 1.807) is 0 Å². The van der Waals surface area contributed by atoms with Crippen LogP contribution in [0.4, 0.5) is 0 Å². The maximum atomic E-state index is 11.8. The Bertz CT molecular complexity index is 415. The molecule has 106 valence electrons. The second kappa shape index (κ2) is 3.97. The van der Waals surface area contributed by atoms with Crippen molar-refractivity contribution in [3.63, 3.8) is 0 Å². The summed E-state index contributed by atoms with van der Waals surface area (Å²) in [5.41, 5.74) is 2.76. The van der Waals surface area contributed by atoms with E-state index in [0.717, 1.165) is 4.90 Å². The molecule has 4 aliphatic heterocycles. The lowest BCUT2D eigenvalue weighted by atomic mass is 9.81. The first-order valence-electron chi connectivity index (χ1n) is 6.17. The second-order valence-corrected chi connectivity index (χ2v) is 5.20. The van der Waals surface area contributed by atoms with Crippen molar-refractivity contribution in [1.82, 2.24) is 4.90 Å². The fourth-order valence-corrected chi connectivity index (χ4v) is 2.95. The van der Waals surface area contributed by atoms with Gasteiger partial charge in [0.05, 0.1) is 13.2 Å². The number of likely N-dealkylation sites (tertiary alicyclic amines) is 1. The molecule has 0 saturated carbocycles. The van der Waals surface area contributed by atoms with Crippen LogP contribution in [0.25, 0.3) is 0 Å². The van der Waals surface area contributed by atoms with Gasteiger partial charge in [0.15, 0.2) is 0 Å². The summed E-state index contributed by atoms with van der Waals surface area (Å²) in [6.07, 6.45) is -2.57. The highest BCUT2D eigenvalue weighted by Gasteiger charge is 2.67. The topological polar surface area (TPSA) is 122 Å². The summed E-state index contributed by atoms with van der Waals surface area (Å²) in [5, 5.41) is 20.4. The number of hydrogen-bond acceptors (Lipinski definition) is 7. The van der Waals surface area contributed by atoms with Crippen LogP contribution in [-0.2, 0) is 19.1 Å². The molecular weight excluding hydrogens is 256 g/mol. The Morgan fingerprint density at radius 3 is 2.26 bits per heavy atom. The van der Waals surface area contributed by atoms with Crippen molar-refractivity contribution in [2.75, 3.05) is 19.8 Å². The van der Waals surface area contributed by atoms with Crippen LogP contribution in [0.3, 0.4) is 0 Å². The fourth-order valence-electron chi connectivity index (χ4n) is 2.95. The molecule has 0 aliphatic carbocycles. The number of amides is 2. The lowest BCUT2D eigenvalue weighted by molar-refractivity contribution is -0.377. The Morgan fingerprint density at radius 2 is 1.79 bits per heavy atom. The number of hydrogen-bond donors (Lipinski definition) is 3. The number of nitrogens with zero attached hydrogens (tertiary/aromatic N) is 1. The Balaban J connectivity index is 1.98. The summed E-state index contributed by atoms with van der Waals surface area (Å²) in [4.78, 5) is 24.5. The summed E-state index contributed by atoms with van der Waals surface area (Å²) in [6, 6.07) is 0. The van der Waals surface area contributed by atoms with Crippen molar-refractivity contribution in [2.45, 2.75) is 36.4 Å². The highest BCUT2D eigenvalue weighted by Crippen LogP contribution is 2.43. The lowest BCUT2D eigenvalue weighted by Gasteiger charge is -2.59. The Morgan fingerprint density at radius 1 is 1.16 bits per heavy atom. The van der Waals surface area contributed by atoms with E-state index in [-0.39, 0.29) is 32.6 Å². The van der Waals surface area contributed by atoms with Crippen LogP contribution >= 0.6 is 0 Å². The number of aliphatic hydroxyl groups excluding tert-OH is 2. The molecule has 4 N–H and O–H groups in total. The minimum atomic E-state index is -1.62. The van der Waals surface area contributed by atoms with Crippen LogP contribution in [0, 0.1) is 0 Å². The van der Waals surface area contributed by atoms with Crippen molar-refractivity contribution in [2.24, 2.45) is 5.73 Å². The molecule has 2 amide bonds. The molecule has 2 bridgehead atoms. The predicted octanol–water partition coefficient (Wildman–Crippen LogP) is -2.69. The monoisotopic (exact) mass is 272 g/mol. The fraction of sp³-hybridized carbons (Fsp3) is 0.818. The van der Waals surface area contributed by atoms with Crippen molar-refractivity contribution in [1.29, 1.82) is 0 Å². The van der Waals surface area contributed by atoms with Gasteiger partial charge in [-0.3, -0.25) is 9.59 Å². The molecule has 4 atom stereocenters. The summed E-state index contributed by atoms with van der Waals surface area (Å²) in [5.74, 6) is -0.857. The first-order chi connectivity index (χ1) is 8.97. The van der Waals surface area contributed by atoms with Gasteiger partial charge in [0, 0.05) is 19.4 Å². The summed E-state index contributed by atoms with van der Waals surface area (Å²) in [7, 11) is 0. The van der Waals surface area contributed by atoms with Gasteiger partial charge in [-0.25, -0.2) is 4.90 Å². The first kappa shape index (κ1) is 12.9. The molecule has 19 heavy (non-hydrogen) atoms. The Kier molecular flexibility index (Phi) is 2.70. The first-order valence-corrected chi connectivity index (χ1v) is 6.17. The van der Waals surface area contributed by atoms with Crippen LogP contribution < -0.4 is 5.73 Å². The van der Waals surface area contributed by atoms with Crippen molar-refractivity contribution in [3.8, 4) is 0 Å². The third-order valence-corrected chi connectivity index (χ3v) is 4.21. The zero-order valence-electron chi connectivity index (χ0n) is 10.2. The number of carbonyl (C=O) groups is 2. The van der Waals surface area contributed by atoms with E-state index in [0.29, 0.717) is 0 Å². The molecule has 4 saturated heterocycles. The molecule has 4 fully saturated rings. The maximum absolute atomic E-state index is 11.8. The van der Waals surface area contributed by atoms with Gasteiger partial charge in [0.1, 0.15) is 17.8 Å². The SMILES string of the molecule is NCC12COC(N3C(=O)CCC3=O)(CO1)C(O)[C@H]2O. The average Bonchev–Trinajstić information content (AvgIpc) is 2.76. The van der Waals surface area contributed by atoms with E-state index in [4.69, 9.17) is 15.2 Å². The highest BCUT2D eigenvalue weighted by molar-refractivity contribution is 6.02. The van der Waals surface area contributed by atoms with Gasteiger partial charge in [-0.1, -0.05) is 0 Å². The van der Waals surface area contributed by atoms with Gasteiger partial charge in [0.25, 0.3) is 0 Å². The maximum Gasteiger partial charge on any atom is 0.232 e. The molecule has 8 nitrogen and oxygen atoms in total. The van der Waals surface area contributed by atoms with Gasteiger partial charge >= 0.3 is 0 Å². The quantitative estimate of drug-likeness (QED) is 0.468. The van der Waals surface area contributed by atoms with E-state index in [1.165, 1.54) is 0 Å². The van der Waals surface area contributed by atoms with E-state index < -0.39 is 35.3 Å². The largest absolute Gasteiger partial charge is 0.387 e. The van der Waals surface area contributed by atoms with Crippen LogP contribution in [0.5, 0.6) is 0 Å². The van der Waals surface area contributed by atoms with Crippen molar-refractivity contribution in [3.05, 3.63) is 0 Å². The van der Waals surface area contributed by atoms with Crippen molar-refractivity contribution >= 4 is 11.8 Å². The number of rotatable bonds is 2. The number of fused-ring (bicyclic) bond motifs is 3.